The normalized spacial score (nSPS) is 11.2. The molecule has 0 unspecified atom stereocenters. The Hall–Kier alpha value is -3.39. The Labute approximate surface area is 164 Å². The minimum Gasteiger partial charge on any atom is -0.206 e. The molecule has 0 atom stereocenters. The monoisotopic (exact) mass is 393 g/mol. The lowest BCUT2D eigenvalue weighted by Gasteiger charge is -2.12. The Balaban J connectivity index is 1.98. The van der Waals surface area contributed by atoms with Crippen LogP contribution in [-0.2, 0) is 6.42 Å². The average Bonchev–Trinajstić information content (AvgIpc) is 2.68. The molecule has 29 heavy (non-hydrogen) atoms. The Bertz CT molecular complexity index is 1300. The second kappa shape index (κ2) is 7.21. The van der Waals surface area contributed by atoms with Gasteiger partial charge in [0.2, 0.25) is 0 Å². The summed E-state index contributed by atoms with van der Waals surface area (Å²) < 4.78 is 58.1. The van der Waals surface area contributed by atoms with E-state index in [0.717, 1.165) is 35.9 Å². The summed E-state index contributed by atoms with van der Waals surface area (Å²) in [5.74, 6) is -4.15. The number of aryl methyl sites for hydroxylation is 1. The first-order valence-corrected chi connectivity index (χ1v) is 9.17. The summed E-state index contributed by atoms with van der Waals surface area (Å²) in [5.41, 5.74) is -0.472. The van der Waals surface area contributed by atoms with Crippen LogP contribution in [0.15, 0.2) is 48.5 Å². The van der Waals surface area contributed by atoms with E-state index < -0.39 is 34.4 Å². The second-order valence-corrected chi connectivity index (χ2v) is 6.94. The van der Waals surface area contributed by atoms with Crippen LogP contribution >= 0.6 is 0 Å². The molecule has 5 heteroatoms. The second-order valence-electron chi connectivity index (χ2n) is 6.94. The van der Waals surface area contributed by atoms with Crippen molar-refractivity contribution in [2.75, 3.05) is 0 Å². The van der Waals surface area contributed by atoms with Crippen LogP contribution in [0.5, 0.6) is 0 Å². The van der Waals surface area contributed by atoms with Crippen LogP contribution in [-0.4, -0.2) is 0 Å². The highest BCUT2D eigenvalue weighted by molar-refractivity contribution is 6.09. The maximum atomic E-state index is 15.2. The number of nitriles is 1. The minimum absolute atomic E-state index is 0.155. The molecule has 4 aromatic carbocycles. The van der Waals surface area contributed by atoms with E-state index in [1.165, 1.54) is 12.1 Å². The maximum absolute atomic E-state index is 15.2. The van der Waals surface area contributed by atoms with Crippen molar-refractivity contribution in [2.45, 2.75) is 19.8 Å². The van der Waals surface area contributed by atoms with Crippen molar-refractivity contribution < 1.29 is 17.6 Å². The highest BCUT2D eigenvalue weighted by Gasteiger charge is 2.20. The van der Waals surface area contributed by atoms with Crippen LogP contribution in [0.2, 0.25) is 0 Å². The van der Waals surface area contributed by atoms with E-state index in [1.807, 2.05) is 18.2 Å². The van der Waals surface area contributed by atoms with Crippen molar-refractivity contribution in [1.29, 1.82) is 5.26 Å². The van der Waals surface area contributed by atoms with Gasteiger partial charge in [0.15, 0.2) is 0 Å². The highest BCUT2D eigenvalue weighted by Crippen LogP contribution is 2.36. The molecule has 0 N–H and O–H groups in total. The third-order valence-corrected chi connectivity index (χ3v) is 5.07. The predicted octanol–water partition coefficient (Wildman–Crippen LogP) is 7.04. The molecule has 0 aliphatic rings. The zero-order valence-electron chi connectivity index (χ0n) is 15.5. The third kappa shape index (κ3) is 3.11. The lowest BCUT2D eigenvalue weighted by Crippen LogP contribution is -1.97. The van der Waals surface area contributed by atoms with Crippen LogP contribution in [0, 0.1) is 34.6 Å². The number of benzene rings is 4. The largest absolute Gasteiger partial charge is 0.206 e. The standard InChI is InChI=1S/C24H15F4N/c1-2-3-13-4-6-16-14(8-13)5-7-17-18(16)11-22(27)23(24(17)28)15-9-20(25)19(12-29)21(26)10-15/h4-11H,2-3H2,1H3. The van der Waals surface area contributed by atoms with Gasteiger partial charge in [-0.1, -0.05) is 43.7 Å². The molecular formula is C24H15F4N. The van der Waals surface area contributed by atoms with Crippen molar-refractivity contribution in [3.63, 3.8) is 0 Å². The molecule has 144 valence electrons. The van der Waals surface area contributed by atoms with E-state index in [1.54, 1.807) is 12.1 Å². The molecule has 0 saturated carbocycles. The molecule has 0 aliphatic carbocycles. The zero-order valence-corrected chi connectivity index (χ0v) is 15.5. The molecule has 0 saturated heterocycles. The van der Waals surface area contributed by atoms with Crippen LogP contribution in [0.3, 0.4) is 0 Å². The summed E-state index contributed by atoms with van der Waals surface area (Å²) in [6.07, 6.45) is 1.90. The molecular weight excluding hydrogens is 378 g/mol. The minimum atomic E-state index is -1.16. The Kier molecular flexibility index (Phi) is 4.71. The molecule has 4 aromatic rings. The molecule has 0 amide bonds. The van der Waals surface area contributed by atoms with Gasteiger partial charge in [-0.3, -0.25) is 0 Å². The first-order chi connectivity index (χ1) is 13.9. The fourth-order valence-corrected chi connectivity index (χ4v) is 3.72. The summed E-state index contributed by atoms with van der Waals surface area (Å²) in [7, 11) is 0. The van der Waals surface area contributed by atoms with Crippen LogP contribution in [0.4, 0.5) is 17.6 Å². The number of nitrogens with zero attached hydrogens (tertiary/aromatic N) is 1. The van der Waals surface area contributed by atoms with Gasteiger partial charge >= 0.3 is 0 Å². The smallest absolute Gasteiger partial charge is 0.144 e. The van der Waals surface area contributed by atoms with Crippen molar-refractivity contribution in [2.24, 2.45) is 0 Å². The van der Waals surface area contributed by atoms with Gasteiger partial charge in [-0.25, -0.2) is 17.6 Å². The molecule has 0 heterocycles. The van der Waals surface area contributed by atoms with Crippen molar-refractivity contribution >= 4 is 21.5 Å². The van der Waals surface area contributed by atoms with Gasteiger partial charge in [0, 0.05) is 5.39 Å². The number of fused-ring (bicyclic) bond motifs is 3. The van der Waals surface area contributed by atoms with Gasteiger partial charge in [0.25, 0.3) is 0 Å². The van der Waals surface area contributed by atoms with Gasteiger partial charge in [0.05, 0.1) is 5.56 Å². The molecule has 0 radical (unpaired) electrons. The van der Waals surface area contributed by atoms with E-state index >= 15 is 4.39 Å². The lowest BCUT2D eigenvalue weighted by atomic mass is 9.94. The molecule has 0 spiro atoms. The average molecular weight is 393 g/mol. The number of hydrogen-bond donors (Lipinski definition) is 0. The first-order valence-electron chi connectivity index (χ1n) is 9.17. The molecule has 0 aliphatic heterocycles. The van der Waals surface area contributed by atoms with Crippen molar-refractivity contribution in [1.82, 2.24) is 0 Å². The van der Waals surface area contributed by atoms with Gasteiger partial charge in [-0.05, 0) is 51.9 Å². The molecule has 1 nitrogen and oxygen atoms in total. The molecule has 0 aromatic heterocycles. The lowest BCUT2D eigenvalue weighted by molar-refractivity contribution is 0.575. The van der Waals surface area contributed by atoms with E-state index in [2.05, 4.69) is 6.92 Å². The third-order valence-electron chi connectivity index (χ3n) is 5.07. The fraction of sp³-hybridized carbons (Fsp3) is 0.125. The first kappa shape index (κ1) is 18.9. The van der Waals surface area contributed by atoms with Crippen molar-refractivity contribution in [3.05, 3.63) is 82.9 Å². The van der Waals surface area contributed by atoms with E-state index in [-0.39, 0.29) is 10.9 Å². The Morgan fingerprint density at radius 2 is 1.48 bits per heavy atom. The summed E-state index contributed by atoms with van der Waals surface area (Å²) in [4.78, 5) is 0. The summed E-state index contributed by atoms with van der Waals surface area (Å²) in [6.45, 7) is 2.08. The quantitative estimate of drug-likeness (QED) is 0.270. The van der Waals surface area contributed by atoms with Crippen LogP contribution in [0.25, 0.3) is 32.7 Å². The molecule has 0 fully saturated rings. The predicted molar refractivity (Wildman–Crippen MR) is 105 cm³/mol. The van der Waals surface area contributed by atoms with E-state index in [0.29, 0.717) is 10.8 Å². The van der Waals surface area contributed by atoms with Crippen molar-refractivity contribution in [3.8, 4) is 17.2 Å². The molecule has 0 bridgehead atoms. The van der Waals surface area contributed by atoms with Gasteiger partial charge in [0.1, 0.15) is 34.9 Å². The van der Waals surface area contributed by atoms with Crippen LogP contribution in [0.1, 0.15) is 24.5 Å². The molecule has 4 rings (SSSR count). The fourth-order valence-electron chi connectivity index (χ4n) is 3.72. The van der Waals surface area contributed by atoms with E-state index in [9.17, 15) is 13.2 Å². The highest BCUT2D eigenvalue weighted by atomic mass is 19.1. The van der Waals surface area contributed by atoms with Gasteiger partial charge in [-0.2, -0.15) is 5.26 Å². The number of halogens is 4. The number of rotatable bonds is 3. The van der Waals surface area contributed by atoms with Gasteiger partial charge in [-0.15, -0.1) is 0 Å². The zero-order chi connectivity index (χ0) is 20.7. The SMILES string of the molecule is CCCc1ccc2c(ccc3c(F)c(-c4cc(F)c(C#N)c(F)c4)c(F)cc32)c1. The van der Waals surface area contributed by atoms with Crippen LogP contribution < -0.4 is 0 Å². The summed E-state index contributed by atoms with van der Waals surface area (Å²) in [5, 5.41) is 10.9. The number of hydrogen-bond acceptors (Lipinski definition) is 1. The Morgan fingerprint density at radius 1 is 0.793 bits per heavy atom. The topological polar surface area (TPSA) is 23.8 Å². The van der Waals surface area contributed by atoms with E-state index in [4.69, 9.17) is 5.26 Å². The van der Waals surface area contributed by atoms with Gasteiger partial charge < -0.3 is 0 Å². The Morgan fingerprint density at radius 3 is 2.14 bits per heavy atom. The maximum Gasteiger partial charge on any atom is 0.144 e. The summed E-state index contributed by atoms with van der Waals surface area (Å²) >= 11 is 0. The summed E-state index contributed by atoms with van der Waals surface area (Å²) in [6, 6.07) is 13.2.